The Hall–Kier alpha value is -1.41. The number of carbonyl (C=O) groups is 1. The quantitative estimate of drug-likeness (QED) is 0.829. The predicted molar refractivity (Wildman–Crippen MR) is 71.5 cm³/mol. The molecule has 1 fully saturated rings. The Kier molecular flexibility index (Phi) is 4.44. The molecule has 1 aliphatic rings. The number of rotatable bonds is 5. The van der Waals surface area contributed by atoms with Crippen LogP contribution in [0.15, 0.2) is 17.6 Å². The molecule has 7 nitrogen and oxygen atoms in total. The number of nitrogens with one attached hydrogen (secondary N) is 1. The zero-order chi connectivity index (χ0) is 14.8. The first-order chi connectivity index (χ1) is 9.38. The van der Waals surface area contributed by atoms with Gasteiger partial charge in [-0.2, -0.15) is 0 Å². The summed E-state index contributed by atoms with van der Waals surface area (Å²) in [7, 11) is -1.86. The number of carboxylic acids is 1. The van der Waals surface area contributed by atoms with Gasteiger partial charge in [-0.3, -0.25) is 4.79 Å². The van der Waals surface area contributed by atoms with E-state index in [2.05, 4.69) is 9.71 Å². The van der Waals surface area contributed by atoms with E-state index in [9.17, 15) is 13.2 Å². The zero-order valence-corrected chi connectivity index (χ0v) is 12.1. The summed E-state index contributed by atoms with van der Waals surface area (Å²) in [5, 5.41) is 8.93. The van der Waals surface area contributed by atoms with Gasteiger partial charge in [0.1, 0.15) is 0 Å². The maximum Gasteiger partial charge on any atom is 0.306 e. The number of hydrogen-bond donors (Lipinski definition) is 2. The van der Waals surface area contributed by atoms with Crippen LogP contribution in [0.1, 0.15) is 25.7 Å². The highest BCUT2D eigenvalue weighted by Crippen LogP contribution is 2.28. The first kappa shape index (κ1) is 15.0. The number of imidazole rings is 1. The van der Waals surface area contributed by atoms with Crippen LogP contribution in [0.5, 0.6) is 0 Å². The van der Waals surface area contributed by atoms with Crippen LogP contribution in [0.2, 0.25) is 0 Å². The Morgan fingerprint density at radius 1 is 1.45 bits per heavy atom. The average molecular weight is 301 g/mol. The van der Waals surface area contributed by atoms with E-state index in [1.165, 1.54) is 12.5 Å². The fourth-order valence-electron chi connectivity index (χ4n) is 2.44. The minimum atomic E-state index is -3.57. The number of sulfonamides is 1. The Bertz CT molecular complexity index is 573. The minimum absolute atomic E-state index is 0.0132. The zero-order valence-electron chi connectivity index (χ0n) is 11.3. The molecule has 0 amide bonds. The molecule has 8 heteroatoms. The van der Waals surface area contributed by atoms with Crippen molar-refractivity contribution in [3.8, 4) is 0 Å². The molecule has 0 spiro atoms. The summed E-state index contributed by atoms with van der Waals surface area (Å²) in [6.45, 7) is 0.339. The largest absolute Gasteiger partial charge is 0.481 e. The van der Waals surface area contributed by atoms with Crippen LogP contribution in [0, 0.1) is 11.8 Å². The minimum Gasteiger partial charge on any atom is -0.481 e. The molecule has 20 heavy (non-hydrogen) atoms. The number of nitrogens with zero attached hydrogens (tertiary/aromatic N) is 2. The summed E-state index contributed by atoms with van der Waals surface area (Å²) >= 11 is 0. The molecule has 2 rings (SSSR count). The van der Waals surface area contributed by atoms with Gasteiger partial charge in [0.2, 0.25) is 0 Å². The lowest BCUT2D eigenvalue weighted by atomic mass is 9.82. The van der Waals surface area contributed by atoms with Gasteiger partial charge >= 0.3 is 5.97 Å². The van der Waals surface area contributed by atoms with E-state index in [0.717, 1.165) is 12.8 Å². The van der Waals surface area contributed by atoms with Gasteiger partial charge in [-0.25, -0.2) is 18.1 Å². The Labute approximate surface area is 118 Å². The van der Waals surface area contributed by atoms with Crippen LogP contribution in [0.3, 0.4) is 0 Å². The molecule has 112 valence electrons. The van der Waals surface area contributed by atoms with E-state index in [4.69, 9.17) is 5.11 Å². The average Bonchev–Trinajstić information content (AvgIpc) is 2.84. The summed E-state index contributed by atoms with van der Waals surface area (Å²) in [4.78, 5) is 14.7. The molecule has 0 atom stereocenters. The molecule has 0 aliphatic heterocycles. The van der Waals surface area contributed by atoms with E-state index < -0.39 is 16.0 Å². The summed E-state index contributed by atoms with van der Waals surface area (Å²) in [5.74, 6) is -0.833. The highest BCUT2D eigenvalue weighted by atomic mass is 32.2. The molecule has 1 aliphatic carbocycles. The topological polar surface area (TPSA) is 101 Å². The Balaban J connectivity index is 1.86. The van der Waals surface area contributed by atoms with Crippen LogP contribution in [-0.2, 0) is 21.9 Å². The second-order valence-electron chi connectivity index (χ2n) is 5.29. The second kappa shape index (κ2) is 5.92. The Morgan fingerprint density at radius 2 is 2.10 bits per heavy atom. The molecular weight excluding hydrogens is 282 g/mol. The second-order valence-corrected chi connectivity index (χ2v) is 7.00. The maximum absolute atomic E-state index is 12.0. The standard InChI is InChI=1S/C12H19N3O4S/c1-15-7-11(13-8-15)20(18,19)14-6-9-2-4-10(5-3-9)12(16)17/h7-10,14H,2-6H2,1H3,(H,16,17). The van der Waals surface area contributed by atoms with Crippen molar-refractivity contribution in [2.75, 3.05) is 6.54 Å². The molecule has 0 bridgehead atoms. The SMILES string of the molecule is Cn1cnc(S(=O)(=O)NCC2CCC(C(=O)O)CC2)c1. The van der Waals surface area contributed by atoms with Gasteiger partial charge in [0, 0.05) is 19.8 Å². The molecule has 0 unspecified atom stereocenters. The van der Waals surface area contributed by atoms with Gasteiger partial charge in [-0.1, -0.05) is 0 Å². The van der Waals surface area contributed by atoms with Gasteiger partial charge in [0.05, 0.1) is 12.2 Å². The number of aliphatic carboxylic acids is 1. The van der Waals surface area contributed by atoms with Crippen molar-refractivity contribution in [3.05, 3.63) is 12.5 Å². The molecular formula is C12H19N3O4S. The van der Waals surface area contributed by atoms with Crippen LogP contribution in [0.4, 0.5) is 0 Å². The third-order valence-electron chi connectivity index (χ3n) is 3.71. The van der Waals surface area contributed by atoms with Gasteiger partial charge in [-0.15, -0.1) is 0 Å². The van der Waals surface area contributed by atoms with Crippen molar-refractivity contribution < 1.29 is 18.3 Å². The van der Waals surface area contributed by atoms with Crippen LogP contribution in [0.25, 0.3) is 0 Å². The van der Waals surface area contributed by atoms with Gasteiger partial charge in [0.15, 0.2) is 5.03 Å². The predicted octanol–water partition coefficient (Wildman–Crippen LogP) is 0.589. The third kappa shape index (κ3) is 3.57. The first-order valence-electron chi connectivity index (χ1n) is 6.59. The smallest absolute Gasteiger partial charge is 0.306 e. The van der Waals surface area contributed by atoms with Crippen LogP contribution in [-0.4, -0.2) is 35.6 Å². The van der Waals surface area contributed by atoms with Crippen LogP contribution < -0.4 is 4.72 Å². The van der Waals surface area contributed by atoms with Crippen LogP contribution >= 0.6 is 0 Å². The number of hydrogen-bond acceptors (Lipinski definition) is 4. The molecule has 1 saturated carbocycles. The number of carboxylic acid groups (broad SMARTS) is 1. The highest BCUT2D eigenvalue weighted by Gasteiger charge is 2.27. The van der Waals surface area contributed by atoms with E-state index in [1.807, 2.05) is 0 Å². The van der Waals surface area contributed by atoms with Crippen molar-refractivity contribution in [1.29, 1.82) is 0 Å². The number of aromatic nitrogens is 2. The summed E-state index contributed by atoms with van der Waals surface area (Å²) in [5.41, 5.74) is 0. The lowest BCUT2D eigenvalue weighted by molar-refractivity contribution is -0.143. The molecule has 0 saturated heterocycles. The van der Waals surface area contributed by atoms with Gasteiger partial charge in [0.25, 0.3) is 10.0 Å². The van der Waals surface area contributed by atoms with Crippen molar-refractivity contribution in [2.45, 2.75) is 30.7 Å². The molecule has 0 radical (unpaired) electrons. The van der Waals surface area contributed by atoms with E-state index in [-0.39, 0.29) is 16.9 Å². The van der Waals surface area contributed by atoms with Crippen molar-refractivity contribution >= 4 is 16.0 Å². The third-order valence-corrected chi connectivity index (χ3v) is 5.02. The lowest BCUT2D eigenvalue weighted by Gasteiger charge is -2.25. The monoisotopic (exact) mass is 301 g/mol. The summed E-state index contributed by atoms with van der Waals surface area (Å²) in [6.07, 6.45) is 5.59. The number of aryl methyl sites for hydroxylation is 1. The molecule has 1 aromatic heterocycles. The normalized spacial score (nSPS) is 23.6. The Morgan fingerprint density at radius 3 is 2.60 bits per heavy atom. The molecule has 2 N–H and O–H groups in total. The van der Waals surface area contributed by atoms with Gasteiger partial charge in [-0.05, 0) is 31.6 Å². The van der Waals surface area contributed by atoms with Crippen molar-refractivity contribution in [3.63, 3.8) is 0 Å². The van der Waals surface area contributed by atoms with E-state index in [1.54, 1.807) is 11.6 Å². The maximum atomic E-state index is 12.0. The van der Waals surface area contributed by atoms with E-state index >= 15 is 0 Å². The first-order valence-corrected chi connectivity index (χ1v) is 8.07. The summed E-state index contributed by atoms with van der Waals surface area (Å²) in [6, 6.07) is 0. The summed E-state index contributed by atoms with van der Waals surface area (Å²) < 4.78 is 28.1. The molecule has 1 aromatic rings. The van der Waals surface area contributed by atoms with Crippen molar-refractivity contribution in [2.24, 2.45) is 18.9 Å². The van der Waals surface area contributed by atoms with E-state index in [0.29, 0.717) is 19.4 Å². The lowest BCUT2D eigenvalue weighted by Crippen LogP contribution is -2.32. The fourth-order valence-corrected chi connectivity index (χ4v) is 3.54. The molecule has 1 heterocycles. The van der Waals surface area contributed by atoms with Crippen molar-refractivity contribution in [1.82, 2.24) is 14.3 Å². The fraction of sp³-hybridized carbons (Fsp3) is 0.667. The van der Waals surface area contributed by atoms with Gasteiger partial charge < -0.3 is 9.67 Å². The molecule has 0 aromatic carbocycles. The highest BCUT2D eigenvalue weighted by molar-refractivity contribution is 7.89.